The van der Waals surface area contributed by atoms with Crippen molar-refractivity contribution in [2.24, 2.45) is 0 Å². The van der Waals surface area contributed by atoms with Crippen LogP contribution in [0.25, 0.3) is 0 Å². The highest BCUT2D eigenvalue weighted by atomic mass is 31.1. The molecule has 0 amide bonds. The van der Waals surface area contributed by atoms with Gasteiger partial charge >= 0.3 is 0 Å². The van der Waals surface area contributed by atoms with E-state index in [2.05, 4.69) is 71.9 Å². The number of benzene rings is 1. The van der Waals surface area contributed by atoms with E-state index < -0.39 is 0 Å². The van der Waals surface area contributed by atoms with Crippen molar-refractivity contribution in [2.75, 3.05) is 0 Å². The van der Waals surface area contributed by atoms with Crippen molar-refractivity contribution in [1.29, 1.82) is 0 Å². The van der Waals surface area contributed by atoms with Gasteiger partial charge in [0.1, 0.15) is 0 Å². The Kier molecular flexibility index (Phi) is 6.35. The minimum atomic E-state index is -0.0527. The molecule has 2 unspecified atom stereocenters. The highest BCUT2D eigenvalue weighted by Crippen LogP contribution is 2.66. The predicted octanol–water partition coefficient (Wildman–Crippen LogP) is 7.57. The molecule has 0 nitrogen and oxygen atoms in total. The lowest BCUT2D eigenvalue weighted by Crippen LogP contribution is -2.35. The van der Waals surface area contributed by atoms with Crippen molar-refractivity contribution in [1.82, 2.24) is 0 Å². The standard InChI is InChI=1S/C22H37P/c1-21(2,3)23(22(4,5)6)20-17-13-8-7-12-16-19(20)18-14-10-9-11-15-18/h9-11,14-15,19-20H,7-8,12-13,16-17H2,1-6H3. The van der Waals surface area contributed by atoms with Crippen LogP contribution in [0.15, 0.2) is 30.3 Å². The van der Waals surface area contributed by atoms with Crippen molar-refractivity contribution >= 4 is 7.92 Å². The Morgan fingerprint density at radius 2 is 1.26 bits per heavy atom. The highest BCUT2D eigenvalue weighted by molar-refractivity contribution is 7.61. The van der Waals surface area contributed by atoms with Crippen LogP contribution in [0.4, 0.5) is 0 Å². The zero-order chi connectivity index (χ0) is 17.1. The summed E-state index contributed by atoms with van der Waals surface area (Å²) in [4.78, 5) is 0. The molecule has 0 heterocycles. The first-order chi connectivity index (χ1) is 10.7. The maximum absolute atomic E-state index is 2.49. The summed E-state index contributed by atoms with van der Waals surface area (Å²) in [7, 11) is -0.0527. The molecule has 0 spiro atoms. The maximum atomic E-state index is 2.49. The number of hydrogen-bond donors (Lipinski definition) is 0. The van der Waals surface area contributed by atoms with Crippen LogP contribution in [-0.4, -0.2) is 16.0 Å². The molecule has 0 saturated heterocycles. The first-order valence-electron chi connectivity index (χ1n) is 9.55. The van der Waals surface area contributed by atoms with Crippen LogP contribution in [0.1, 0.15) is 91.5 Å². The highest BCUT2D eigenvalue weighted by Gasteiger charge is 2.43. The second-order valence-corrected chi connectivity index (χ2v) is 13.4. The summed E-state index contributed by atoms with van der Waals surface area (Å²) in [6.45, 7) is 14.9. The van der Waals surface area contributed by atoms with Gasteiger partial charge in [0, 0.05) is 0 Å². The zero-order valence-corrected chi connectivity index (χ0v) is 17.1. The summed E-state index contributed by atoms with van der Waals surface area (Å²) in [6.07, 6.45) is 8.53. The normalized spacial score (nSPS) is 24.3. The summed E-state index contributed by atoms with van der Waals surface area (Å²) in [5.41, 5.74) is 2.47. The smallest absolute Gasteiger partial charge is 0.00939 e. The molecule has 1 saturated carbocycles. The van der Waals surface area contributed by atoms with E-state index in [1.165, 1.54) is 38.5 Å². The van der Waals surface area contributed by atoms with Crippen LogP contribution >= 0.6 is 7.92 Å². The van der Waals surface area contributed by atoms with Gasteiger partial charge in [-0.2, -0.15) is 0 Å². The molecule has 1 heteroatoms. The molecule has 1 aliphatic carbocycles. The van der Waals surface area contributed by atoms with E-state index in [-0.39, 0.29) is 7.92 Å². The second kappa shape index (κ2) is 7.69. The minimum absolute atomic E-state index is 0.0527. The van der Waals surface area contributed by atoms with Gasteiger partial charge in [-0.05, 0) is 40.3 Å². The molecule has 1 fully saturated rings. The average molecular weight is 333 g/mol. The summed E-state index contributed by atoms with van der Waals surface area (Å²) in [5.74, 6) is 0.765. The fourth-order valence-corrected chi connectivity index (χ4v) is 9.99. The Balaban J connectivity index is 2.42. The molecule has 2 atom stereocenters. The van der Waals surface area contributed by atoms with Gasteiger partial charge in [-0.3, -0.25) is 0 Å². The second-order valence-electron chi connectivity index (χ2n) is 9.29. The Hall–Kier alpha value is -0.350. The SMILES string of the molecule is CC(C)(C)P(C1CCCCCCC1c1ccccc1)C(C)(C)C. The third kappa shape index (κ3) is 5.06. The third-order valence-electron chi connectivity index (χ3n) is 5.23. The summed E-state index contributed by atoms with van der Waals surface area (Å²) >= 11 is 0. The fourth-order valence-electron chi connectivity index (χ4n) is 4.86. The Morgan fingerprint density at radius 1 is 0.739 bits per heavy atom. The Bertz CT molecular complexity index is 449. The van der Waals surface area contributed by atoms with Gasteiger partial charge in [0.05, 0.1) is 0 Å². The fraction of sp³-hybridized carbons (Fsp3) is 0.727. The van der Waals surface area contributed by atoms with E-state index in [0.29, 0.717) is 10.3 Å². The monoisotopic (exact) mass is 332 g/mol. The van der Waals surface area contributed by atoms with E-state index in [1.807, 2.05) is 0 Å². The van der Waals surface area contributed by atoms with Crippen molar-refractivity contribution in [3.8, 4) is 0 Å². The lowest BCUT2D eigenvalue weighted by molar-refractivity contribution is 0.453. The molecule has 1 aromatic carbocycles. The molecule has 0 aromatic heterocycles. The van der Waals surface area contributed by atoms with E-state index in [4.69, 9.17) is 0 Å². The molecular weight excluding hydrogens is 295 g/mol. The van der Waals surface area contributed by atoms with Gasteiger partial charge in [0.2, 0.25) is 0 Å². The molecule has 0 N–H and O–H groups in total. The van der Waals surface area contributed by atoms with Crippen LogP contribution in [0.3, 0.4) is 0 Å². The van der Waals surface area contributed by atoms with Crippen LogP contribution in [0.2, 0.25) is 0 Å². The van der Waals surface area contributed by atoms with Crippen molar-refractivity contribution < 1.29 is 0 Å². The molecule has 0 bridgehead atoms. The van der Waals surface area contributed by atoms with Gasteiger partial charge < -0.3 is 0 Å². The first kappa shape index (κ1) is 19.0. The molecule has 0 radical (unpaired) electrons. The van der Waals surface area contributed by atoms with E-state index >= 15 is 0 Å². The van der Waals surface area contributed by atoms with Gasteiger partial charge in [0.25, 0.3) is 0 Å². The summed E-state index contributed by atoms with van der Waals surface area (Å²) in [5, 5.41) is 0.842. The van der Waals surface area contributed by atoms with Crippen LogP contribution < -0.4 is 0 Å². The molecule has 0 aliphatic heterocycles. The van der Waals surface area contributed by atoms with E-state index in [9.17, 15) is 0 Å². The zero-order valence-electron chi connectivity index (χ0n) is 16.2. The quantitative estimate of drug-likeness (QED) is 0.490. The lowest BCUT2D eigenvalue weighted by Gasteiger charge is -2.50. The van der Waals surface area contributed by atoms with Crippen LogP contribution in [0.5, 0.6) is 0 Å². The average Bonchev–Trinajstić information content (AvgIpc) is 2.40. The van der Waals surface area contributed by atoms with Crippen molar-refractivity contribution in [3.05, 3.63) is 35.9 Å². The van der Waals surface area contributed by atoms with E-state index in [0.717, 1.165) is 11.6 Å². The number of rotatable bonds is 2. The molecular formula is C22H37P. The largest absolute Gasteiger partial charge is 0.0918 e. The van der Waals surface area contributed by atoms with Gasteiger partial charge in [-0.25, -0.2) is 0 Å². The van der Waals surface area contributed by atoms with Crippen LogP contribution in [0, 0.1) is 0 Å². The Labute approximate surface area is 146 Å². The molecule has 23 heavy (non-hydrogen) atoms. The van der Waals surface area contributed by atoms with Gasteiger partial charge in [0.15, 0.2) is 0 Å². The molecule has 1 aromatic rings. The third-order valence-corrected chi connectivity index (χ3v) is 9.41. The van der Waals surface area contributed by atoms with Gasteiger partial charge in [-0.1, -0.05) is 105 Å². The van der Waals surface area contributed by atoms with Crippen LogP contribution in [-0.2, 0) is 0 Å². The number of hydrogen-bond acceptors (Lipinski definition) is 0. The maximum Gasteiger partial charge on any atom is -0.00939 e. The van der Waals surface area contributed by atoms with Crippen molar-refractivity contribution in [2.45, 2.75) is 102 Å². The lowest BCUT2D eigenvalue weighted by atomic mass is 9.85. The van der Waals surface area contributed by atoms with Gasteiger partial charge in [-0.15, -0.1) is 0 Å². The Morgan fingerprint density at radius 3 is 1.78 bits per heavy atom. The summed E-state index contributed by atoms with van der Waals surface area (Å²) in [6, 6.07) is 11.4. The predicted molar refractivity (Wildman–Crippen MR) is 107 cm³/mol. The summed E-state index contributed by atoms with van der Waals surface area (Å²) < 4.78 is 0. The van der Waals surface area contributed by atoms with E-state index in [1.54, 1.807) is 5.56 Å². The topological polar surface area (TPSA) is 0 Å². The molecule has 130 valence electrons. The van der Waals surface area contributed by atoms with Crippen molar-refractivity contribution in [3.63, 3.8) is 0 Å². The molecule has 2 rings (SSSR count). The molecule has 1 aliphatic rings. The minimum Gasteiger partial charge on any atom is -0.0918 e. The first-order valence-corrected chi connectivity index (χ1v) is 11.0.